The van der Waals surface area contributed by atoms with Gasteiger partial charge in [0.25, 0.3) is 5.56 Å². The average molecular weight is 380 g/mol. The Morgan fingerprint density at radius 2 is 1.57 bits per heavy atom. The number of hydrogen-bond acceptors (Lipinski definition) is 3. The van der Waals surface area contributed by atoms with Crippen molar-refractivity contribution in [3.8, 4) is 5.69 Å². The number of halogens is 2. The lowest BCUT2D eigenvalue weighted by Crippen LogP contribution is -2.27. The van der Waals surface area contributed by atoms with Gasteiger partial charge in [0, 0.05) is 5.39 Å². The number of hydrogen-bond donors (Lipinski definition) is 0. The van der Waals surface area contributed by atoms with Gasteiger partial charge in [-0.05, 0) is 47.9 Å². The van der Waals surface area contributed by atoms with Crippen LogP contribution in [-0.2, 0) is 6.54 Å². The van der Waals surface area contributed by atoms with Crippen LogP contribution in [0.1, 0.15) is 31.0 Å². The highest BCUT2D eigenvalue weighted by Crippen LogP contribution is 2.23. The Hall–Kier alpha value is -3.35. The van der Waals surface area contributed by atoms with Gasteiger partial charge in [0.05, 0.1) is 24.1 Å². The van der Waals surface area contributed by atoms with E-state index >= 15 is 0 Å². The molecule has 0 N–H and O–H groups in total. The van der Waals surface area contributed by atoms with Crippen LogP contribution in [-0.4, -0.2) is 19.6 Å². The second-order valence-corrected chi connectivity index (χ2v) is 6.92. The smallest absolute Gasteiger partial charge is 0.265 e. The van der Waals surface area contributed by atoms with Crippen LogP contribution in [0.5, 0.6) is 0 Å². The fourth-order valence-corrected chi connectivity index (χ4v) is 3.17. The van der Waals surface area contributed by atoms with Gasteiger partial charge >= 0.3 is 0 Å². The number of aromatic nitrogens is 4. The van der Waals surface area contributed by atoms with Crippen molar-refractivity contribution in [2.75, 3.05) is 0 Å². The van der Waals surface area contributed by atoms with Crippen molar-refractivity contribution in [1.29, 1.82) is 0 Å². The lowest BCUT2D eigenvalue weighted by molar-refractivity contribution is 0.606. The van der Waals surface area contributed by atoms with Crippen molar-refractivity contribution in [3.63, 3.8) is 0 Å². The summed E-state index contributed by atoms with van der Waals surface area (Å²) < 4.78 is 29.4. The average Bonchev–Trinajstić information content (AvgIpc) is 3.11. The molecule has 0 aliphatic rings. The molecule has 2 aromatic heterocycles. The highest BCUT2D eigenvalue weighted by molar-refractivity contribution is 5.82. The van der Waals surface area contributed by atoms with Gasteiger partial charge in [0.2, 0.25) is 0 Å². The summed E-state index contributed by atoms with van der Waals surface area (Å²) in [6, 6.07) is 11.7. The lowest BCUT2D eigenvalue weighted by atomic mass is 10.1. The van der Waals surface area contributed by atoms with Crippen LogP contribution in [0.4, 0.5) is 8.78 Å². The topological polar surface area (TPSA) is 52.7 Å². The molecule has 4 rings (SSSR count). The van der Waals surface area contributed by atoms with Crippen molar-refractivity contribution < 1.29 is 8.78 Å². The molecule has 0 spiro atoms. The fourth-order valence-electron chi connectivity index (χ4n) is 3.17. The molecule has 0 saturated heterocycles. The van der Waals surface area contributed by atoms with Crippen LogP contribution >= 0.6 is 0 Å². The third-order valence-corrected chi connectivity index (χ3v) is 4.57. The first-order valence-corrected chi connectivity index (χ1v) is 8.93. The Morgan fingerprint density at radius 1 is 0.964 bits per heavy atom. The van der Waals surface area contributed by atoms with Crippen LogP contribution < -0.4 is 5.56 Å². The molecular formula is C21H18F2N4O. The Morgan fingerprint density at radius 3 is 2.18 bits per heavy atom. The summed E-state index contributed by atoms with van der Waals surface area (Å²) in [4.78, 5) is 13.2. The molecule has 0 aliphatic heterocycles. The second-order valence-electron chi connectivity index (χ2n) is 6.92. The van der Waals surface area contributed by atoms with Gasteiger partial charge < -0.3 is 0 Å². The maximum atomic E-state index is 13.3. The Balaban J connectivity index is 1.92. The molecule has 0 bridgehead atoms. The standard InChI is InChI=1S/C21H18F2N4O/c1-13(2)19-18-11-24-27(17-9-7-16(23)8-10-17)20(18)21(28)26(25-19)12-14-3-5-15(22)6-4-14/h3-11,13H,12H2,1-2H3. The van der Waals surface area contributed by atoms with E-state index in [9.17, 15) is 13.6 Å². The number of rotatable bonds is 4. The minimum atomic E-state index is -0.363. The first-order chi connectivity index (χ1) is 13.4. The maximum Gasteiger partial charge on any atom is 0.293 e. The van der Waals surface area contributed by atoms with Crippen molar-refractivity contribution >= 4 is 10.9 Å². The van der Waals surface area contributed by atoms with Crippen LogP contribution in [0.3, 0.4) is 0 Å². The zero-order chi connectivity index (χ0) is 19.8. The lowest BCUT2D eigenvalue weighted by Gasteiger charge is -2.12. The third-order valence-electron chi connectivity index (χ3n) is 4.57. The maximum absolute atomic E-state index is 13.3. The van der Waals surface area contributed by atoms with Gasteiger partial charge in [-0.3, -0.25) is 4.79 Å². The molecule has 142 valence electrons. The van der Waals surface area contributed by atoms with Gasteiger partial charge in [-0.15, -0.1) is 0 Å². The molecule has 0 atom stereocenters. The van der Waals surface area contributed by atoms with Crippen molar-refractivity contribution in [2.24, 2.45) is 0 Å². The largest absolute Gasteiger partial charge is 0.293 e. The summed E-state index contributed by atoms with van der Waals surface area (Å²) in [5, 5.41) is 9.55. The predicted molar refractivity (Wildman–Crippen MR) is 103 cm³/mol. The second kappa shape index (κ2) is 6.99. The summed E-state index contributed by atoms with van der Waals surface area (Å²) in [7, 11) is 0. The molecule has 2 heterocycles. The molecule has 0 radical (unpaired) electrons. The van der Waals surface area contributed by atoms with E-state index in [2.05, 4.69) is 10.2 Å². The van der Waals surface area contributed by atoms with E-state index in [1.54, 1.807) is 30.5 Å². The normalized spacial score (nSPS) is 11.5. The molecule has 4 aromatic rings. The molecule has 28 heavy (non-hydrogen) atoms. The zero-order valence-electron chi connectivity index (χ0n) is 15.4. The monoisotopic (exact) mass is 380 g/mol. The Labute approximate surface area is 159 Å². The quantitative estimate of drug-likeness (QED) is 0.537. The molecule has 5 nitrogen and oxygen atoms in total. The molecule has 0 aliphatic carbocycles. The van der Waals surface area contributed by atoms with E-state index in [4.69, 9.17) is 0 Å². The summed E-state index contributed by atoms with van der Waals surface area (Å²) in [6.45, 7) is 4.19. The van der Waals surface area contributed by atoms with E-state index in [1.165, 1.54) is 33.6 Å². The van der Waals surface area contributed by atoms with E-state index in [1.807, 2.05) is 13.8 Å². The van der Waals surface area contributed by atoms with Crippen molar-refractivity contribution in [1.82, 2.24) is 19.6 Å². The summed E-state index contributed by atoms with van der Waals surface area (Å²) in [6.07, 6.45) is 1.62. The predicted octanol–water partition coefficient (Wildman–Crippen LogP) is 4.03. The summed E-state index contributed by atoms with van der Waals surface area (Å²) in [5.41, 5.74) is 2.16. The van der Waals surface area contributed by atoms with Crippen molar-refractivity contribution in [2.45, 2.75) is 26.3 Å². The minimum absolute atomic E-state index is 0.0634. The van der Waals surface area contributed by atoms with Gasteiger partial charge in [0.1, 0.15) is 17.2 Å². The number of nitrogens with zero attached hydrogens (tertiary/aromatic N) is 4. The van der Waals surface area contributed by atoms with Crippen molar-refractivity contribution in [3.05, 3.63) is 88.0 Å². The highest BCUT2D eigenvalue weighted by atomic mass is 19.1. The van der Waals surface area contributed by atoms with Gasteiger partial charge in [-0.1, -0.05) is 26.0 Å². The molecular weight excluding hydrogens is 362 g/mol. The van der Waals surface area contributed by atoms with Crippen LogP contribution in [0.25, 0.3) is 16.6 Å². The number of fused-ring (bicyclic) bond motifs is 1. The third kappa shape index (κ3) is 3.19. The molecule has 0 fully saturated rings. The fraction of sp³-hybridized carbons (Fsp3) is 0.190. The first-order valence-electron chi connectivity index (χ1n) is 8.93. The van der Waals surface area contributed by atoms with E-state index < -0.39 is 0 Å². The Kier molecular flexibility index (Phi) is 4.50. The molecule has 2 aromatic carbocycles. The van der Waals surface area contributed by atoms with Gasteiger partial charge in [-0.2, -0.15) is 10.2 Å². The van der Waals surface area contributed by atoms with E-state index in [0.29, 0.717) is 16.6 Å². The zero-order valence-corrected chi connectivity index (χ0v) is 15.4. The highest BCUT2D eigenvalue weighted by Gasteiger charge is 2.19. The Bertz CT molecular complexity index is 1190. The number of benzene rings is 2. The first kappa shape index (κ1) is 18.0. The summed E-state index contributed by atoms with van der Waals surface area (Å²) in [5.74, 6) is -0.635. The van der Waals surface area contributed by atoms with Crippen LogP contribution in [0.2, 0.25) is 0 Å². The molecule has 0 unspecified atom stereocenters. The molecule has 7 heteroatoms. The summed E-state index contributed by atoms with van der Waals surface area (Å²) >= 11 is 0. The van der Waals surface area contributed by atoms with Gasteiger partial charge in [0.15, 0.2) is 0 Å². The molecule has 0 saturated carbocycles. The van der Waals surface area contributed by atoms with E-state index in [-0.39, 0.29) is 29.7 Å². The van der Waals surface area contributed by atoms with Gasteiger partial charge in [-0.25, -0.2) is 18.1 Å². The van der Waals surface area contributed by atoms with E-state index in [0.717, 1.165) is 11.3 Å². The molecule has 0 amide bonds. The SMILES string of the molecule is CC(C)c1nn(Cc2ccc(F)cc2)c(=O)c2c1cnn2-c1ccc(F)cc1. The minimum Gasteiger partial charge on any atom is -0.265 e. The van der Waals surface area contributed by atoms with Crippen LogP contribution in [0.15, 0.2) is 59.5 Å². The van der Waals surface area contributed by atoms with Crippen LogP contribution in [0, 0.1) is 11.6 Å².